The number of halogens is 1. The van der Waals surface area contributed by atoms with E-state index in [1.807, 2.05) is 30.3 Å². The number of carboxylic acid groups (broad SMARTS) is 1. The summed E-state index contributed by atoms with van der Waals surface area (Å²) in [6.45, 7) is 3.62. The molecule has 3 aromatic rings. The van der Waals surface area contributed by atoms with Crippen LogP contribution in [0.15, 0.2) is 72.2 Å². The number of para-hydroxylation sites is 1. The second kappa shape index (κ2) is 9.89. The predicted octanol–water partition coefficient (Wildman–Crippen LogP) is 4.76. The molecule has 0 aliphatic heterocycles. The molecule has 0 spiro atoms. The molecule has 32 heavy (non-hydrogen) atoms. The summed E-state index contributed by atoms with van der Waals surface area (Å²) in [5, 5.41) is 18.9. The maximum absolute atomic E-state index is 14.0. The first-order chi connectivity index (χ1) is 15.4. The van der Waals surface area contributed by atoms with E-state index in [0.717, 1.165) is 23.3 Å². The number of aliphatic imine (C=N–C) groups is 1. The zero-order chi connectivity index (χ0) is 23.3. The van der Waals surface area contributed by atoms with Gasteiger partial charge in [-0.3, -0.25) is 0 Å². The van der Waals surface area contributed by atoms with Gasteiger partial charge in [-0.1, -0.05) is 36.9 Å². The largest absolute Gasteiger partial charge is 0.496 e. The highest BCUT2D eigenvalue weighted by atomic mass is 19.1. The Balaban J connectivity index is 1.98. The van der Waals surface area contributed by atoms with Crippen LogP contribution >= 0.6 is 0 Å². The molecule has 0 fully saturated rings. The van der Waals surface area contributed by atoms with Crippen molar-refractivity contribution in [2.75, 3.05) is 14.2 Å². The van der Waals surface area contributed by atoms with E-state index in [2.05, 4.69) is 11.6 Å². The van der Waals surface area contributed by atoms with Crippen LogP contribution in [0.3, 0.4) is 0 Å². The summed E-state index contributed by atoms with van der Waals surface area (Å²) in [4.78, 5) is 15.3. The fraction of sp³-hybridized carbons (Fsp3) is 0.120. The van der Waals surface area contributed by atoms with Crippen molar-refractivity contribution in [1.82, 2.24) is 0 Å². The van der Waals surface area contributed by atoms with E-state index < -0.39 is 17.3 Å². The summed E-state index contributed by atoms with van der Waals surface area (Å²) in [5.74, 6) is -1.35. The molecule has 0 aliphatic carbocycles. The second-order valence-corrected chi connectivity index (χ2v) is 6.80. The third-order valence-electron chi connectivity index (χ3n) is 4.88. The maximum Gasteiger partial charge on any atom is 0.338 e. The first kappa shape index (κ1) is 22.7. The normalized spacial score (nSPS) is 11.2. The Morgan fingerprint density at radius 1 is 1.03 bits per heavy atom. The van der Waals surface area contributed by atoms with Crippen molar-refractivity contribution < 1.29 is 28.9 Å². The highest BCUT2D eigenvalue weighted by Gasteiger charge is 2.15. The Labute approximate surface area is 184 Å². The molecule has 3 rings (SSSR count). The lowest BCUT2D eigenvalue weighted by Gasteiger charge is -2.14. The van der Waals surface area contributed by atoms with Crippen LogP contribution in [0.4, 0.5) is 4.39 Å². The van der Waals surface area contributed by atoms with Gasteiger partial charge < -0.3 is 19.7 Å². The monoisotopic (exact) mass is 435 g/mol. The van der Waals surface area contributed by atoms with Crippen molar-refractivity contribution in [3.05, 3.63) is 95.3 Å². The standard InChI is InChI=1S/C25H22FNO5/c1-15(16-8-11-21(25(29)30)22(26)13-16)27-24(32-3)17-9-10-19(18(12-17)14-28)20-6-4-5-7-23(20)31-2/h4-13,28H,1,14H2,2-3H3,(H,29,30). The molecule has 0 aliphatic rings. The van der Waals surface area contributed by atoms with Crippen LogP contribution in [0.5, 0.6) is 5.75 Å². The van der Waals surface area contributed by atoms with Gasteiger partial charge in [-0.2, -0.15) is 0 Å². The van der Waals surface area contributed by atoms with Crippen molar-refractivity contribution in [3.8, 4) is 16.9 Å². The van der Waals surface area contributed by atoms with E-state index in [9.17, 15) is 14.3 Å². The van der Waals surface area contributed by atoms with E-state index in [-0.39, 0.29) is 18.2 Å². The summed E-state index contributed by atoms with van der Waals surface area (Å²) in [6, 6.07) is 16.5. The van der Waals surface area contributed by atoms with Crippen molar-refractivity contribution in [1.29, 1.82) is 0 Å². The van der Waals surface area contributed by atoms with Crippen molar-refractivity contribution >= 4 is 17.6 Å². The van der Waals surface area contributed by atoms with Gasteiger partial charge in [-0.25, -0.2) is 14.2 Å². The summed E-state index contributed by atoms with van der Waals surface area (Å²) >= 11 is 0. The molecule has 0 amide bonds. The first-order valence-electron chi connectivity index (χ1n) is 9.62. The fourth-order valence-corrected chi connectivity index (χ4v) is 3.27. The quantitative estimate of drug-likeness (QED) is 0.413. The number of benzene rings is 3. The number of aromatic carboxylic acids is 1. The molecular weight excluding hydrogens is 413 g/mol. The predicted molar refractivity (Wildman–Crippen MR) is 120 cm³/mol. The molecule has 2 N–H and O–H groups in total. The molecule has 0 radical (unpaired) electrons. The molecule has 7 heteroatoms. The number of ether oxygens (including phenoxy) is 2. The second-order valence-electron chi connectivity index (χ2n) is 6.80. The molecule has 0 atom stereocenters. The van der Waals surface area contributed by atoms with Crippen molar-refractivity contribution in [2.24, 2.45) is 4.99 Å². The Morgan fingerprint density at radius 3 is 2.38 bits per heavy atom. The minimum atomic E-state index is -1.35. The average molecular weight is 435 g/mol. The van der Waals surface area contributed by atoms with Gasteiger partial charge in [0.1, 0.15) is 11.6 Å². The van der Waals surface area contributed by atoms with E-state index >= 15 is 0 Å². The van der Waals surface area contributed by atoms with Gasteiger partial charge in [0.05, 0.1) is 32.1 Å². The molecule has 0 heterocycles. The number of carbonyl (C=O) groups is 1. The lowest BCUT2D eigenvalue weighted by molar-refractivity contribution is 0.0692. The highest BCUT2D eigenvalue weighted by molar-refractivity contribution is 5.98. The summed E-state index contributed by atoms with van der Waals surface area (Å²) in [5.41, 5.74) is 2.93. The zero-order valence-corrected chi connectivity index (χ0v) is 17.6. The van der Waals surface area contributed by atoms with Gasteiger partial charge in [-0.15, -0.1) is 0 Å². The van der Waals surface area contributed by atoms with Gasteiger partial charge >= 0.3 is 5.97 Å². The van der Waals surface area contributed by atoms with E-state index in [1.165, 1.54) is 13.2 Å². The third-order valence-corrected chi connectivity index (χ3v) is 4.88. The van der Waals surface area contributed by atoms with Crippen molar-refractivity contribution in [2.45, 2.75) is 6.61 Å². The molecule has 6 nitrogen and oxygen atoms in total. The van der Waals surface area contributed by atoms with Crippen molar-refractivity contribution in [3.63, 3.8) is 0 Å². The number of aliphatic hydroxyl groups excluding tert-OH is 1. The lowest BCUT2D eigenvalue weighted by atomic mass is 9.97. The third kappa shape index (κ3) is 4.68. The number of rotatable bonds is 7. The van der Waals surface area contributed by atoms with E-state index in [1.54, 1.807) is 19.2 Å². The Morgan fingerprint density at radius 2 is 1.75 bits per heavy atom. The van der Waals surface area contributed by atoms with Crippen LogP contribution in [-0.4, -0.2) is 36.3 Å². The Hall–Kier alpha value is -3.97. The molecule has 0 saturated carbocycles. The van der Waals surface area contributed by atoms with E-state index in [4.69, 9.17) is 14.6 Å². The maximum atomic E-state index is 14.0. The Kier molecular flexibility index (Phi) is 7.02. The SMILES string of the molecule is C=C(N=C(OC)c1ccc(-c2ccccc2OC)c(CO)c1)c1ccc(C(=O)O)c(F)c1. The fourth-order valence-electron chi connectivity index (χ4n) is 3.27. The topological polar surface area (TPSA) is 88.4 Å². The first-order valence-corrected chi connectivity index (χ1v) is 9.62. The van der Waals surface area contributed by atoms with Crippen LogP contribution in [0, 0.1) is 5.82 Å². The number of aliphatic hydroxyl groups is 1. The Bertz CT molecular complexity index is 1200. The number of methoxy groups -OCH3 is 2. The van der Waals surface area contributed by atoms with Crippen LogP contribution in [-0.2, 0) is 11.3 Å². The van der Waals surface area contributed by atoms with Gasteiger partial charge in [-0.05, 0) is 41.5 Å². The smallest absolute Gasteiger partial charge is 0.338 e. The molecule has 0 aromatic heterocycles. The van der Waals surface area contributed by atoms with Gasteiger partial charge in [0.25, 0.3) is 0 Å². The van der Waals surface area contributed by atoms with Gasteiger partial charge in [0.15, 0.2) is 0 Å². The number of hydrogen-bond donors (Lipinski definition) is 2. The number of nitrogens with zero attached hydrogens (tertiary/aromatic N) is 1. The zero-order valence-electron chi connectivity index (χ0n) is 17.6. The van der Waals surface area contributed by atoms with Crippen LogP contribution in [0.2, 0.25) is 0 Å². The average Bonchev–Trinajstić information content (AvgIpc) is 2.81. The van der Waals surface area contributed by atoms with Crippen LogP contribution in [0.1, 0.15) is 27.0 Å². The molecule has 0 unspecified atom stereocenters. The number of hydrogen-bond acceptors (Lipinski definition) is 5. The molecular formula is C25H22FNO5. The van der Waals surface area contributed by atoms with Gasteiger partial charge in [0.2, 0.25) is 5.90 Å². The van der Waals surface area contributed by atoms with Crippen LogP contribution < -0.4 is 4.74 Å². The summed E-state index contributed by atoms with van der Waals surface area (Å²) in [6.07, 6.45) is 0. The van der Waals surface area contributed by atoms with E-state index in [0.29, 0.717) is 22.4 Å². The molecule has 0 bridgehead atoms. The molecule has 3 aromatic carbocycles. The number of carboxylic acids is 1. The minimum absolute atomic E-state index is 0.192. The summed E-state index contributed by atoms with van der Waals surface area (Å²) < 4.78 is 24.9. The minimum Gasteiger partial charge on any atom is -0.496 e. The molecule has 0 saturated heterocycles. The molecule has 164 valence electrons. The van der Waals surface area contributed by atoms with Crippen LogP contribution in [0.25, 0.3) is 16.8 Å². The highest BCUT2D eigenvalue weighted by Crippen LogP contribution is 2.33. The summed E-state index contributed by atoms with van der Waals surface area (Å²) in [7, 11) is 3.02. The van der Waals surface area contributed by atoms with Gasteiger partial charge in [0, 0.05) is 16.7 Å². The lowest BCUT2D eigenvalue weighted by Crippen LogP contribution is -2.06.